The molecule has 1 unspecified atom stereocenters. The van der Waals surface area contributed by atoms with E-state index in [1.807, 2.05) is 0 Å². The van der Waals surface area contributed by atoms with E-state index in [0.29, 0.717) is 5.56 Å². The molecule has 0 aliphatic heterocycles. The number of pyridine rings is 1. The van der Waals surface area contributed by atoms with Gasteiger partial charge in [0.2, 0.25) is 0 Å². The van der Waals surface area contributed by atoms with Crippen LogP contribution < -0.4 is 4.74 Å². The number of hydrogen-bond donors (Lipinski definition) is 0. The van der Waals surface area contributed by atoms with Crippen molar-refractivity contribution >= 4 is 17.6 Å². The van der Waals surface area contributed by atoms with Crippen molar-refractivity contribution in [3.8, 4) is 5.75 Å². The number of rotatable bonds is 5. The van der Waals surface area contributed by atoms with Crippen molar-refractivity contribution in [2.45, 2.75) is 19.6 Å². The SMILES string of the molecule is CC(OC(=O)c1ccc(Cl)nc1)c1ccc(OC(F)F)cc1. The summed E-state index contributed by atoms with van der Waals surface area (Å²) in [5.41, 5.74) is 0.922. The van der Waals surface area contributed by atoms with Crippen LogP contribution in [0, 0.1) is 0 Å². The van der Waals surface area contributed by atoms with Crippen LogP contribution in [0.25, 0.3) is 0 Å². The van der Waals surface area contributed by atoms with Gasteiger partial charge in [-0.2, -0.15) is 8.78 Å². The molecule has 0 spiro atoms. The summed E-state index contributed by atoms with van der Waals surface area (Å²) >= 11 is 5.64. The van der Waals surface area contributed by atoms with Crippen molar-refractivity contribution in [2.75, 3.05) is 0 Å². The third-order valence-corrected chi connectivity index (χ3v) is 3.05. The molecule has 7 heteroatoms. The molecule has 1 aromatic heterocycles. The van der Waals surface area contributed by atoms with Crippen molar-refractivity contribution in [2.24, 2.45) is 0 Å². The molecule has 0 aliphatic rings. The highest BCUT2D eigenvalue weighted by molar-refractivity contribution is 6.29. The number of carbonyl (C=O) groups is 1. The van der Waals surface area contributed by atoms with Crippen LogP contribution in [0.2, 0.25) is 5.15 Å². The summed E-state index contributed by atoms with van der Waals surface area (Å²) in [4.78, 5) is 15.7. The highest BCUT2D eigenvalue weighted by Gasteiger charge is 2.14. The highest BCUT2D eigenvalue weighted by atomic mass is 35.5. The summed E-state index contributed by atoms with van der Waals surface area (Å²) in [6, 6.07) is 8.86. The van der Waals surface area contributed by atoms with Crippen LogP contribution in [0.5, 0.6) is 5.75 Å². The number of benzene rings is 1. The zero-order valence-electron chi connectivity index (χ0n) is 11.5. The summed E-state index contributed by atoms with van der Waals surface area (Å²) < 4.78 is 33.6. The second-order valence-corrected chi connectivity index (χ2v) is 4.75. The van der Waals surface area contributed by atoms with E-state index >= 15 is 0 Å². The number of carbonyl (C=O) groups excluding carboxylic acids is 1. The summed E-state index contributed by atoms with van der Waals surface area (Å²) in [5.74, 6) is -0.510. The molecule has 2 aromatic rings. The molecular formula is C15H12ClF2NO3. The van der Waals surface area contributed by atoms with Crippen LogP contribution in [0.3, 0.4) is 0 Å². The fraction of sp³-hybridized carbons (Fsp3) is 0.200. The Morgan fingerprint density at radius 2 is 1.86 bits per heavy atom. The highest BCUT2D eigenvalue weighted by Crippen LogP contribution is 2.22. The largest absolute Gasteiger partial charge is 0.454 e. The van der Waals surface area contributed by atoms with Gasteiger partial charge in [-0.15, -0.1) is 0 Å². The average molecular weight is 328 g/mol. The lowest BCUT2D eigenvalue weighted by molar-refractivity contribution is -0.0498. The van der Waals surface area contributed by atoms with Gasteiger partial charge in [0.1, 0.15) is 17.0 Å². The van der Waals surface area contributed by atoms with Gasteiger partial charge in [0.25, 0.3) is 0 Å². The lowest BCUT2D eigenvalue weighted by Gasteiger charge is -2.14. The van der Waals surface area contributed by atoms with E-state index < -0.39 is 18.7 Å². The van der Waals surface area contributed by atoms with Crippen LogP contribution >= 0.6 is 11.6 Å². The zero-order valence-corrected chi connectivity index (χ0v) is 12.3. The predicted octanol–water partition coefficient (Wildman–Crippen LogP) is 4.25. The van der Waals surface area contributed by atoms with Crippen molar-refractivity contribution < 1.29 is 23.0 Å². The quantitative estimate of drug-likeness (QED) is 0.608. The summed E-state index contributed by atoms with van der Waals surface area (Å²) in [5, 5.41) is 0.277. The molecule has 0 N–H and O–H groups in total. The number of nitrogens with zero attached hydrogens (tertiary/aromatic N) is 1. The molecule has 4 nitrogen and oxygen atoms in total. The molecule has 0 amide bonds. The molecule has 0 bridgehead atoms. The van der Waals surface area contributed by atoms with Gasteiger partial charge < -0.3 is 9.47 Å². The van der Waals surface area contributed by atoms with Crippen molar-refractivity contribution in [3.05, 3.63) is 58.9 Å². The van der Waals surface area contributed by atoms with Crippen molar-refractivity contribution in [1.29, 1.82) is 0 Å². The molecular weight excluding hydrogens is 316 g/mol. The first kappa shape index (κ1) is 16.2. The lowest BCUT2D eigenvalue weighted by Crippen LogP contribution is -2.09. The smallest absolute Gasteiger partial charge is 0.387 e. The van der Waals surface area contributed by atoms with Crippen LogP contribution in [-0.4, -0.2) is 17.6 Å². The Morgan fingerprint density at radius 3 is 2.41 bits per heavy atom. The lowest BCUT2D eigenvalue weighted by atomic mass is 10.1. The van der Waals surface area contributed by atoms with E-state index in [2.05, 4.69) is 9.72 Å². The zero-order chi connectivity index (χ0) is 16.1. The minimum Gasteiger partial charge on any atom is -0.454 e. The second kappa shape index (κ2) is 7.17. The second-order valence-electron chi connectivity index (χ2n) is 4.36. The number of alkyl halides is 2. The Hall–Kier alpha value is -2.21. The molecule has 0 saturated heterocycles. The van der Waals surface area contributed by atoms with Crippen molar-refractivity contribution in [3.63, 3.8) is 0 Å². The number of aromatic nitrogens is 1. The molecule has 116 valence electrons. The first-order valence-corrected chi connectivity index (χ1v) is 6.71. The van der Waals surface area contributed by atoms with E-state index in [-0.39, 0.29) is 16.5 Å². The Bertz CT molecular complexity index is 632. The van der Waals surface area contributed by atoms with Gasteiger partial charge in [0, 0.05) is 6.20 Å². The van der Waals surface area contributed by atoms with Gasteiger partial charge in [0.15, 0.2) is 0 Å². The third kappa shape index (κ3) is 4.39. The maximum Gasteiger partial charge on any atom is 0.387 e. The van der Waals surface area contributed by atoms with E-state index in [4.69, 9.17) is 16.3 Å². The Morgan fingerprint density at radius 1 is 1.18 bits per heavy atom. The fourth-order valence-electron chi connectivity index (χ4n) is 1.71. The standard InChI is InChI=1S/C15H12ClF2NO3/c1-9(10-2-5-12(6-3-10)22-15(17)18)21-14(20)11-4-7-13(16)19-8-11/h2-9,15H,1H3. The summed E-state index contributed by atoms with van der Waals surface area (Å²) in [6.45, 7) is -1.21. The molecule has 1 atom stereocenters. The molecule has 1 aromatic carbocycles. The van der Waals surface area contributed by atoms with Crippen LogP contribution in [-0.2, 0) is 4.74 Å². The number of esters is 1. The van der Waals surface area contributed by atoms with Crippen molar-refractivity contribution in [1.82, 2.24) is 4.98 Å². The van der Waals surface area contributed by atoms with E-state index in [9.17, 15) is 13.6 Å². The predicted molar refractivity (Wildman–Crippen MR) is 76.2 cm³/mol. The Labute approximate surface area is 130 Å². The van der Waals surface area contributed by atoms with Gasteiger partial charge in [-0.1, -0.05) is 23.7 Å². The number of halogens is 3. The maximum atomic E-state index is 12.1. The molecule has 0 fully saturated rings. The van der Waals surface area contributed by atoms with E-state index in [1.54, 1.807) is 19.1 Å². The number of hydrogen-bond acceptors (Lipinski definition) is 4. The topological polar surface area (TPSA) is 48.4 Å². The molecule has 22 heavy (non-hydrogen) atoms. The fourth-order valence-corrected chi connectivity index (χ4v) is 1.83. The van der Waals surface area contributed by atoms with Crippen LogP contribution in [0.4, 0.5) is 8.78 Å². The van der Waals surface area contributed by atoms with Crippen LogP contribution in [0.1, 0.15) is 28.9 Å². The van der Waals surface area contributed by atoms with Crippen LogP contribution in [0.15, 0.2) is 42.6 Å². The van der Waals surface area contributed by atoms with Gasteiger partial charge in [-0.05, 0) is 36.8 Å². The first-order chi connectivity index (χ1) is 10.5. The average Bonchev–Trinajstić information content (AvgIpc) is 2.48. The molecule has 0 saturated carbocycles. The summed E-state index contributed by atoms with van der Waals surface area (Å²) in [6.07, 6.45) is 0.764. The number of ether oxygens (including phenoxy) is 2. The maximum absolute atomic E-state index is 12.1. The molecule has 0 radical (unpaired) electrons. The molecule has 2 rings (SSSR count). The minimum atomic E-state index is -2.88. The van der Waals surface area contributed by atoms with Gasteiger partial charge >= 0.3 is 12.6 Å². The molecule has 0 aliphatic carbocycles. The minimum absolute atomic E-state index is 0.0409. The molecule has 1 heterocycles. The van der Waals surface area contributed by atoms with E-state index in [1.165, 1.54) is 30.5 Å². The normalized spacial score (nSPS) is 12.0. The first-order valence-electron chi connectivity index (χ1n) is 6.33. The Balaban J connectivity index is 2.00. The third-order valence-electron chi connectivity index (χ3n) is 2.82. The van der Waals surface area contributed by atoms with Gasteiger partial charge in [-0.3, -0.25) is 0 Å². The van der Waals surface area contributed by atoms with E-state index in [0.717, 1.165) is 0 Å². The van der Waals surface area contributed by atoms with Gasteiger partial charge in [-0.25, -0.2) is 9.78 Å². The summed E-state index contributed by atoms with van der Waals surface area (Å²) in [7, 11) is 0. The van der Waals surface area contributed by atoms with Gasteiger partial charge in [0.05, 0.1) is 5.56 Å². The Kier molecular flexibility index (Phi) is 5.27. The monoisotopic (exact) mass is 327 g/mol.